The Morgan fingerprint density at radius 3 is 2.47 bits per heavy atom. The fourth-order valence-electron chi connectivity index (χ4n) is 1.88. The molecule has 2 heteroatoms. The molecule has 0 spiro atoms. The van der Waals surface area contributed by atoms with E-state index < -0.39 is 0 Å². The van der Waals surface area contributed by atoms with Gasteiger partial charge in [0.05, 0.1) is 0 Å². The lowest BCUT2D eigenvalue weighted by molar-refractivity contribution is 0.274. The Bertz CT molecular complexity index is 282. The van der Waals surface area contributed by atoms with Gasteiger partial charge in [0.25, 0.3) is 0 Å². The van der Waals surface area contributed by atoms with Crippen LogP contribution in [0.25, 0.3) is 0 Å². The molecule has 0 fully saturated rings. The number of hydrogen-bond donors (Lipinski definition) is 1. The molecule has 0 aliphatic heterocycles. The number of rotatable bonds is 8. The fraction of sp³-hybridized carbons (Fsp3) is 0.600. The number of hydrogen-bond acceptors (Lipinski definition) is 2. The third-order valence-electron chi connectivity index (χ3n) is 2.90. The molecule has 0 bridgehead atoms. The van der Waals surface area contributed by atoms with Crippen molar-refractivity contribution < 1.29 is 0 Å². The quantitative estimate of drug-likeness (QED) is 0.696. The van der Waals surface area contributed by atoms with E-state index in [1.54, 1.807) is 0 Å². The van der Waals surface area contributed by atoms with E-state index in [0.29, 0.717) is 6.04 Å². The van der Waals surface area contributed by atoms with Crippen molar-refractivity contribution in [2.45, 2.75) is 39.8 Å². The summed E-state index contributed by atoms with van der Waals surface area (Å²) < 4.78 is 0. The summed E-state index contributed by atoms with van der Waals surface area (Å²) in [6.07, 6.45) is 1.22. The molecular formula is C15H26N2. The lowest BCUT2D eigenvalue weighted by Gasteiger charge is -2.20. The minimum absolute atomic E-state index is 0.596. The fourth-order valence-corrected chi connectivity index (χ4v) is 1.88. The maximum atomic E-state index is 3.46. The normalized spacial score (nSPS) is 11.4. The number of nitrogens with one attached hydrogen (secondary N) is 1. The Hall–Kier alpha value is -0.860. The van der Waals surface area contributed by atoms with Gasteiger partial charge in [0.2, 0.25) is 0 Å². The van der Waals surface area contributed by atoms with Gasteiger partial charge in [-0.3, -0.25) is 4.90 Å². The Balaban J connectivity index is 2.24. The van der Waals surface area contributed by atoms with Crippen LogP contribution in [0.4, 0.5) is 0 Å². The van der Waals surface area contributed by atoms with Crippen LogP contribution in [-0.4, -0.2) is 30.6 Å². The van der Waals surface area contributed by atoms with Gasteiger partial charge in [-0.2, -0.15) is 0 Å². The van der Waals surface area contributed by atoms with Gasteiger partial charge < -0.3 is 5.32 Å². The third kappa shape index (κ3) is 6.44. The molecule has 1 aromatic rings. The molecule has 1 aromatic carbocycles. The van der Waals surface area contributed by atoms with Crippen LogP contribution in [-0.2, 0) is 6.54 Å². The summed E-state index contributed by atoms with van der Waals surface area (Å²) in [6.45, 7) is 11.1. The molecule has 1 N–H and O–H groups in total. The van der Waals surface area contributed by atoms with E-state index >= 15 is 0 Å². The lowest BCUT2D eigenvalue weighted by atomic mass is 10.2. The van der Waals surface area contributed by atoms with Gasteiger partial charge in [-0.1, -0.05) is 51.1 Å². The maximum absolute atomic E-state index is 3.46. The number of benzene rings is 1. The van der Waals surface area contributed by atoms with E-state index in [9.17, 15) is 0 Å². The molecule has 0 saturated heterocycles. The first-order valence-electron chi connectivity index (χ1n) is 6.72. The summed E-state index contributed by atoms with van der Waals surface area (Å²) in [5.41, 5.74) is 1.41. The van der Waals surface area contributed by atoms with Crippen molar-refractivity contribution in [1.29, 1.82) is 0 Å². The summed E-state index contributed by atoms with van der Waals surface area (Å²) in [6, 6.07) is 11.3. The highest BCUT2D eigenvalue weighted by Gasteiger charge is 2.03. The highest BCUT2D eigenvalue weighted by atomic mass is 15.1. The predicted octanol–water partition coefficient (Wildman–Crippen LogP) is 2.90. The van der Waals surface area contributed by atoms with E-state index in [0.717, 1.165) is 19.6 Å². The predicted molar refractivity (Wildman–Crippen MR) is 75.1 cm³/mol. The monoisotopic (exact) mass is 234 g/mol. The van der Waals surface area contributed by atoms with Crippen LogP contribution in [0.2, 0.25) is 0 Å². The van der Waals surface area contributed by atoms with Crippen molar-refractivity contribution >= 4 is 0 Å². The zero-order valence-electron chi connectivity index (χ0n) is 11.4. The average Bonchev–Trinajstić information content (AvgIpc) is 2.34. The van der Waals surface area contributed by atoms with Crippen molar-refractivity contribution in [2.75, 3.05) is 19.6 Å². The van der Waals surface area contributed by atoms with E-state index in [2.05, 4.69) is 61.3 Å². The molecular weight excluding hydrogens is 208 g/mol. The van der Waals surface area contributed by atoms with Gasteiger partial charge in [0.1, 0.15) is 0 Å². The molecule has 1 rings (SSSR count). The molecule has 0 heterocycles. The number of nitrogens with zero attached hydrogens (tertiary/aromatic N) is 1. The lowest BCUT2D eigenvalue weighted by Crippen LogP contribution is -2.29. The molecule has 17 heavy (non-hydrogen) atoms. The zero-order valence-corrected chi connectivity index (χ0v) is 11.4. The van der Waals surface area contributed by atoms with E-state index in [-0.39, 0.29) is 0 Å². The van der Waals surface area contributed by atoms with Crippen LogP contribution in [0.3, 0.4) is 0 Å². The first kappa shape index (κ1) is 14.2. The Morgan fingerprint density at radius 1 is 1.18 bits per heavy atom. The topological polar surface area (TPSA) is 15.3 Å². The molecule has 0 aliphatic carbocycles. The molecule has 0 radical (unpaired) electrons. The van der Waals surface area contributed by atoms with Crippen molar-refractivity contribution in [3.8, 4) is 0 Å². The van der Waals surface area contributed by atoms with Crippen molar-refractivity contribution in [2.24, 2.45) is 0 Å². The van der Waals surface area contributed by atoms with E-state index in [4.69, 9.17) is 0 Å². The standard InChI is InChI=1S/C15H26N2/c1-4-17(12-8-11-16-14(2)3)13-15-9-6-5-7-10-15/h5-7,9-10,14,16H,4,8,11-13H2,1-3H3. The van der Waals surface area contributed by atoms with Crippen molar-refractivity contribution in [1.82, 2.24) is 10.2 Å². The molecule has 0 atom stereocenters. The van der Waals surface area contributed by atoms with Gasteiger partial charge >= 0.3 is 0 Å². The SMILES string of the molecule is CCN(CCCNC(C)C)Cc1ccccc1. The molecule has 0 aliphatic rings. The largest absolute Gasteiger partial charge is 0.314 e. The first-order valence-corrected chi connectivity index (χ1v) is 6.72. The van der Waals surface area contributed by atoms with Gasteiger partial charge in [-0.25, -0.2) is 0 Å². The van der Waals surface area contributed by atoms with Crippen molar-refractivity contribution in [3.63, 3.8) is 0 Å². The third-order valence-corrected chi connectivity index (χ3v) is 2.90. The second-order valence-electron chi connectivity index (χ2n) is 4.82. The van der Waals surface area contributed by atoms with Crippen LogP contribution in [0, 0.1) is 0 Å². The molecule has 0 unspecified atom stereocenters. The minimum atomic E-state index is 0.596. The van der Waals surface area contributed by atoms with E-state index in [1.807, 2.05) is 0 Å². The van der Waals surface area contributed by atoms with Crippen molar-refractivity contribution in [3.05, 3.63) is 35.9 Å². The Kier molecular flexibility index (Phi) is 6.90. The van der Waals surface area contributed by atoms with Crippen LogP contribution < -0.4 is 5.32 Å². The Labute approximate surface area is 106 Å². The highest BCUT2D eigenvalue weighted by molar-refractivity contribution is 5.14. The second kappa shape index (κ2) is 8.26. The van der Waals surface area contributed by atoms with Gasteiger partial charge in [-0.15, -0.1) is 0 Å². The van der Waals surface area contributed by atoms with Crippen LogP contribution >= 0.6 is 0 Å². The molecule has 96 valence electrons. The van der Waals surface area contributed by atoms with Crippen LogP contribution in [0.5, 0.6) is 0 Å². The summed E-state index contributed by atoms with van der Waals surface area (Å²) in [7, 11) is 0. The van der Waals surface area contributed by atoms with Gasteiger partial charge in [-0.05, 0) is 31.6 Å². The van der Waals surface area contributed by atoms with E-state index in [1.165, 1.54) is 18.5 Å². The first-order chi connectivity index (χ1) is 8.22. The van der Waals surface area contributed by atoms with Crippen LogP contribution in [0.15, 0.2) is 30.3 Å². The van der Waals surface area contributed by atoms with Gasteiger partial charge in [0, 0.05) is 12.6 Å². The maximum Gasteiger partial charge on any atom is 0.0233 e. The summed E-state index contributed by atoms with van der Waals surface area (Å²) in [5, 5.41) is 3.46. The minimum Gasteiger partial charge on any atom is -0.314 e. The molecule has 0 amide bonds. The molecule has 2 nitrogen and oxygen atoms in total. The Morgan fingerprint density at radius 2 is 1.88 bits per heavy atom. The summed E-state index contributed by atoms with van der Waals surface area (Å²) in [5.74, 6) is 0. The second-order valence-corrected chi connectivity index (χ2v) is 4.82. The van der Waals surface area contributed by atoms with Crippen LogP contribution in [0.1, 0.15) is 32.8 Å². The summed E-state index contributed by atoms with van der Waals surface area (Å²) >= 11 is 0. The molecule has 0 aromatic heterocycles. The highest BCUT2D eigenvalue weighted by Crippen LogP contribution is 2.04. The smallest absolute Gasteiger partial charge is 0.0233 e. The zero-order chi connectivity index (χ0) is 12.5. The van der Waals surface area contributed by atoms with Gasteiger partial charge in [0.15, 0.2) is 0 Å². The molecule has 0 saturated carbocycles. The average molecular weight is 234 g/mol. The summed E-state index contributed by atoms with van der Waals surface area (Å²) in [4.78, 5) is 2.50.